The minimum Gasteiger partial charge on any atom is -0.352 e. The molecule has 0 spiro atoms. The maximum atomic E-state index is 12.1. The highest BCUT2D eigenvalue weighted by molar-refractivity contribution is 5.77. The summed E-state index contributed by atoms with van der Waals surface area (Å²) in [6.07, 6.45) is 6.33. The molecule has 1 atom stereocenters. The second kappa shape index (κ2) is 7.02. The van der Waals surface area contributed by atoms with E-state index in [1.807, 2.05) is 6.92 Å². The molecule has 0 radical (unpaired) electrons. The number of nitrogens with zero attached hydrogens (tertiary/aromatic N) is 4. The summed E-state index contributed by atoms with van der Waals surface area (Å²) in [7, 11) is 0. The van der Waals surface area contributed by atoms with Gasteiger partial charge in [-0.2, -0.15) is 15.0 Å². The Morgan fingerprint density at radius 2 is 2.10 bits per heavy atom. The van der Waals surface area contributed by atoms with E-state index in [-0.39, 0.29) is 24.4 Å². The van der Waals surface area contributed by atoms with Gasteiger partial charge in [-0.25, -0.2) is 0 Å². The van der Waals surface area contributed by atoms with E-state index in [2.05, 4.69) is 15.5 Å². The average molecular weight is 279 g/mol. The minimum absolute atomic E-state index is 0.00404. The Morgan fingerprint density at radius 1 is 1.35 bits per heavy atom. The van der Waals surface area contributed by atoms with Crippen LogP contribution in [0.15, 0.2) is 12.4 Å². The molecular formula is C13H21N5O2. The highest BCUT2D eigenvalue weighted by Gasteiger charge is 2.24. The van der Waals surface area contributed by atoms with Crippen LogP contribution in [0, 0.1) is 0 Å². The second-order valence-electron chi connectivity index (χ2n) is 5.06. The monoisotopic (exact) mass is 279 g/mol. The van der Waals surface area contributed by atoms with E-state index in [1.54, 1.807) is 17.3 Å². The molecule has 1 saturated heterocycles. The molecular weight excluding hydrogens is 258 g/mol. The molecule has 0 aliphatic carbocycles. The molecule has 20 heavy (non-hydrogen) atoms. The summed E-state index contributed by atoms with van der Waals surface area (Å²) in [4.78, 5) is 26.9. The van der Waals surface area contributed by atoms with Crippen LogP contribution in [-0.2, 0) is 16.1 Å². The van der Waals surface area contributed by atoms with Crippen molar-refractivity contribution in [3.63, 3.8) is 0 Å². The van der Waals surface area contributed by atoms with Gasteiger partial charge in [0.05, 0.1) is 12.4 Å². The number of amides is 2. The Balaban J connectivity index is 1.83. The lowest BCUT2D eigenvalue weighted by atomic mass is 10.1. The molecule has 7 heteroatoms. The van der Waals surface area contributed by atoms with Gasteiger partial charge in [0.25, 0.3) is 0 Å². The molecule has 1 aromatic heterocycles. The van der Waals surface area contributed by atoms with Crippen LogP contribution in [0.25, 0.3) is 0 Å². The summed E-state index contributed by atoms with van der Waals surface area (Å²) in [6.45, 7) is 3.45. The van der Waals surface area contributed by atoms with Crippen LogP contribution in [0.5, 0.6) is 0 Å². The quantitative estimate of drug-likeness (QED) is 0.834. The predicted octanol–water partition coefficient (Wildman–Crippen LogP) is 0.185. The van der Waals surface area contributed by atoms with E-state index in [9.17, 15) is 9.59 Å². The first-order chi connectivity index (χ1) is 9.69. The topological polar surface area (TPSA) is 80.1 Å². The summed E-state index contributed by atoms with van der Waals surface area (Å²) in [5.74, 6) is 0.0659. The van der Waals surface area contributed by atoms with Crippen LogP contribution in [0.3, 0.4) is 0 Å². The molecule has 0 bridgehead atoms. The molecule has 7 nitrogen and oxygen atoms in total. The summed E-state index contributed by atoms with van der Waals surface area (Å²) < 4.78 is 0. The first-order valence-electron chi connectivity index (χ1n) is 7.10. The van der Waals surface area contributed by atoms with Crippen molar-refractivity contribution in [3.05, 3.63) is 12.4 Å². The van der Waals surface area contributed by atoms with Gasteiger partial charge in [0.15, 0.2) is 0 Å². The van der Waals surface area contributed by atoms with Crippen LogP contribution in [0.1, 0.15) is 32.6 Å². The van der Waals surface area contributed by atoms with Crippen LogP contribution in [0.4, 0.5) is 0 Å². The molecule has 0 unspecified atom stereocenters. The molecule has 0 saturated carbocycles. The molecule has 2 amide bonds. The highest BCUT2D eigenvalue weighted by atomic mass is 16.2. The number of piperidine rings is 1. The van der Waals surface area contributed by atoms with Gasteiger partial charge in [-0.1, -0.05) is 6.92 Å². The van der Waals surface area contributed by atoms with Gasteiger partial charge in [0.2, 0.25) is 11.8 Å². The fraction of sp³-hybridized carbons (Fsp3) is 0.692. The number of carbonyl (C=O) groups excluding carboxylic acids is 2. The number of hydrogen-bond acceptors (Lipinski definition) is 4. The molecule has 1 aliphatic heterocycles. The fourth-order valence-corrected chi connectivity index (χ4v) is 2.39. The molecule has 110 valence electrons. The van der Waals surface area contributed by atoms with Crippen molar-refractivity contribution in [1.82, 2.24) is 25.2 Å². The normalized spacial score (nSPS) is 18.9. The first-order valence-corrected chi connectivity index (χ1v) is 7.10. The lowest BCUT2D eigenvalue weighted by Crippen LogP contribution is -2.50. The van der Waals surface area contributed by atoms with Gasteiger partial charge in [-0.05, 0) is 19.3 Å². The molecule has 1 fully saturated rings. The van der Waals surface area contributed by atoms with Crippen molar-refractivity contribution in [2.75, 3.05) is 13.1 Å². The third kappa shape index (κ3) is 4.04. The van der Waals surface area contributed by atoms with Gasteiger partial charge >= 0.3 is 0 Å². The van der Waals surface area contributed by atoms with Crippen LogP contribution in [0.2, 0.25) is 0 Å². The van der Waals surface area contributed by atoms with Crippen molar-refractivity contribution >= 4 is 11.8 Å². The van der Waals surface area contributed by atoms with Gasteiger partial charge in [-0.3, -0.25) is 9.59 Å². The van der Waals surface area contributed by atoms with Crippen molar-refractivity contribution < 1.29 is 9.59 Å². The Kier molecular flexibility index (Phi) is 5.09. The van der Waals surface area contributed by atoms with E-state index < -0.39 is 0 Å². The largest absolute Gasteiger partial charge is 0.352 e. The maximum absolute atomic E-state index is 12.1. The third-order valence-electron chi connectivity index (χ3n) is 3.36. The van der Waals surface area contributed by atoms with Crippen molar-refractivity contribution in [2.45, 2.75) is 45.2 Å². The minimum atomic E-state index is -0.00404. The maximum Gasteiger partial charge on any atom is 0.246 e. The second-order valence-corrected chi connectivity index (χ2v) is 5.06. The van der Waals surface area contributed by atoms with Gasteiger partial charge in [0.1, 0.15) is 6.54 Å². The molecule has 0 aromatic carbocycles. The molecule has 1 N–H and O–H groups in total. The van der Waals surface area contributed by atoms with Gasteiger partial charge in [0, 0.05) is 25.6 Å². The number of rotatable bonds is 5. The lowest BCUT2D eigenvalue weighted by Gasteiger charge is -2.33. The fourth-order valence-electron chi connectivity index (χ4n) is 2.39. The Bertz CT molecular complexity index is 446. The van der Waals surface area contributed by atoms with E-state index in [4.69, 9.17) is 0 Å². The summed E-state index contributed by atoms with van der Waals surface area (Å²) >= 11 is 0. The van der Waals surface area contributed by atoms with Gasteiger partial charge < -0.3 is 10.2 Å². The molecule has 1 aliphatic rings. The van der Waals surface area contributed by atoms with Crippen LogP contribution < -0.4 is 5.32 Å². The number of aromatic nitrogens is 3. The summed E-state index contributed by atoms with van der Waals surface area (Å²) in [6, 6.07) is 0.0670. The SMILES string of the molecule is CCCC(=O)N[C@H]1CCCN(C(=O)Cn2nccn2)C1. The van der Waals surface area contributed by atoms with Crippen LogP contribution in [-0.4, -0.2) is 50.8 Å². The number of nitrogens with one attached hydrogen (secondary N) is 1. The van der Waals surface area contributed by atoms with E-state index in [0.29, 0.717) is 13.0 Å². The lowest BCUT2D eigenvalue weighted by molar-refractivity contribution is -0.134. The highest BCUT2D eigenvalue weighted by Crippen LogP contribution is 2.11. The standard InChI is InChI=1S/C13H21N5O2/c1-2-4-12(19)16-11-5-3-8-17(9-11)13(20)10-18-14-6-7-15-18/h6-7,11H,2-5,8-10H2,1H3,(H,16,19)/t11-/m0/s1. The summed E-state index contributed by atoms with van der Waals surface area (Å²) in [5, 5.41) is 10.9. The van der Waals surface area contributed by atoms with Crippen molar-refractivity contribution in [3.8, 4) is 0 Å². The Hall–Kier alpha value is -1.92. The number of likely N-dealkylation sites (tertiary alicyclic amines) is 1. The van der Waals surface area contributed by atoms with Gasteiger partial charge in [-0.15, -0.1) is 0 Å². The molecule has 1 aromatic rings. The Labute approximate surface area is 118 Å². The average Bonchev–Trinajstić information content (AvgIpc) is 2.92. The van der Waals surface area contributed by atoms with Crippen molar-refractivity contribution in [2.24, 2.45) is 0 Å². The van der Waals surface area contributed by atoms with E-state index in [1.165, 1.54) is 4.80 Å². The number of carbonyl (C=O) groups is 2. The third-order valence-corrected chi connectivity index (χ3v) is 3.36. The first kappa shape index (κ1) is 14.5. The van der Waals surface area contributed by atoms with E-state index in [0.717, 1.165) is 25.8 Å². The Morgan fingerprint density at radius 3 is 2.80 bits per heavy atom. The van der Waals surface area contributed by atoms with Crippen LogP contribution >= 0.6 is 0 Å². The number of hydrogen-bond donors (Lipinski definition) is 1. The predicted molar refractivity (Wildman–Crippen MR) is 72.7 cm³/mol. The zero-order valence-corrected chi connectivity index (χ0v) is 11.8. The zero-order chi connectivity index (χ0) is 14.4. The van der Waals surface area contributed by atoms with Crippen molar-refractivity contribution in [1.29, 1.82) is 0 Å². The molecule has 2 heterocycles. The smallest absolute Gasteiger partial charge is 0.246 e. The van der Waals surface area contributed by atoms with E-state index >= 15 is 0 Å². The summed E-state index contributed by atoms with van der Waals surface area (Å²) in [5.41, 5.74) is 0. The molecule has 2 rings (SSSR count). The zero-order valence-electron chi connectivity index (χ0n) is 11.8.